The molecular weight excluding hydrogens is 242 g/mol. The van der Waals surface area contributed by atoms with Crippen LogP contribution in [0.3, 0.4) is 0 Å². The van der Waals surface area contributed by atoms with E-state index >= 15 is 0 Å². The highest BCUT2D eigenvalue weighted by atomic mass is 16.5. The Morgan fingerprint density at radius 2 is 2.37 bits per heavy atom. The van der Waals surface area contributed by atoms with Gasteiger partial charge >= 0.3 is 5.97 Å². The number of para-hydroxylation sites is 1. The zero-order valence-corrected chi connectivity index (χ0v) is 11.1. The van der Waals surface area contributed by atoms with E-state index in [9.17, 15) is 4.79 Å². The molecule has 2 aliphatic heterocycles. The van der Waals surface area contributed by atoms with Crippen molar-refractivity contribution in [3.63, 3.8) is 0 Å². The molecule has 19 heavy (non-hydrogen) atoms. The van der Waals surface area contributed by atoms with Crippen molar-refractivity contribution in [2.45, 2.75) is 18.8 Å². The van der Waals surface area contributed by atoms with Crippen LogP contribution in [0.25, 0.3) is 0 Å². The van der Waals surface area contributed by atoms with Crippen LogP contribution in [0, 0.1) is 5.92 Å². The molecule has 0 amide bonds. The van der Waals surface area contributed by atoms with Crippen LogP contribution in [0.1, 0.15) is 18.9 Å². The van der Waals surface area contributed by atoms with Crippen LogP contribution in [0.2, 0.25) is 0 Å². The normalized spacial score (nSPS) is 28.8. The molecule has 1 N–H and O–H groups in total. The lowest BCUT2D eigenvalue weighted by Gasteiger charge is -2.38. The largest absolute Gasteiger partial charge is 0.493 e. The summed E-state index contributed by atoms with van der Waals surface area (Å²) in [6.07, 6.45) is 0.862. The van der Waals surface area contributed by atoms with E-state index in [1.165, 1.54) is 0 Å². The van der Waals surface area contributed by atoms with Gasteiger partial charge in [0.2, 0.25) is 0 Å². The molecule has 102 valence electrons. The Bertz CT molecular complexity index is 488. The standard InChI is InChI=1S/C15H19NO3/c1-2-18-14(17)12-9-16-10-15(12)7-8-19-13-6-4-3-5-11(13)15/h3-6,12,16H,2,7-10H2,1H3. The molecular formula is C15H19NO3. The quantitative estimate of drug-likeness (QED) is 0.819. The number of fused-ring (bicyclic) bond motifs is 2. The fourth-order valence-corrected chi connectivity index (χ4v) is 3.34. The van der Waals surface area contributed by atoms with Gasteiger partial charge in [-0.2, -0.15) is 0 Å². The van der Waals surface area contributed by atoms with E-state index in [0.717, 1.165) is 24.3 Å². The Morgan fingerprint density at radius 1 is 1.53 bits per heavy atom. The van der Waals surface area contributed by atoms with E-state index in [4.69, 9.17) is 9.47 Å². The molecule has 2 unspecified atom stereocenters. The fourth-order valence-electron chi connectivity index (χ4n) is 3.34. The molecule has 0 radical (unpaired) electrons. The van der Waals surface area contributed by atoms with Crippen LogP contribution in [0.15, 0.2) is 24.3 Å². The summed E-state index contributed by atoms with van der Waals surface area (Å²) in [6.45, 7) is 4.45. The molecule has 0 bridgehead atoms. The van der Waals surface area contributed by atoms with E-state index in [1.54, 1.807) is 0 Å². The van der Waals surface area contributed by atoms with Crippen LogP contribution in [-0.2, 0) is 14.9 Å². The predicted molar refractivity (Wildman–Crippen MR) is 71.2 cm³/mol. The summed E-state index contributed by atoms with van der Waals surface area (Å²) < 4.78 is 11.0. The summed E-state index contributed by atoms with van der Waals surface area (Å²) in [5, 5.41) is 3.36. The van der Waals surface area contributed by atoms with Gasteiger partial charge in [-0.05, 0) is 19.4 Å². The highest BCUT2D eigenvalue weighted by Gasteiger charge is 2.51. The van der Waals surface area contributed by atoms with Crippen LogP contribution >= 0.6 is 0 Å². The number of benzene rings is 1. The average Bonchev–Trinajstić information content (AvgIpc) is 2.84. The maximum absolute atomic E-state index is 12.2. The van der Waals surface area contributed by atoms with Gasteiger partial charge in [-0.3, -0.25) is 4.79 Å². The van der Waals surface area contributed by atoms with E-state index in [1.807, 2.05) is 25.1 Å². The van der Waals surface area contributed by atoms with Gasteiger partial charge in [0.1, 0.15) is 5.75 Å². The third kappa shape index (κ3) is 1.91. The zero-order chi connectivity index (χ0) is 13.3. The fraction of sp³-hybridized carbons (Fsp3) is 0.533. The van der Waals surface area contributed by atoms with Crippen molar-refractivity contribution in [2.75, 3.05) is 26.3 Å². The van der Waals surface area contributed by atoms with Gasteiger partial charge in [-0.15, -0.1) is 0 Å². The van der Waals surface area contributed by atoms with Crippen molar-refractivity contribution in [1.29, 1.82) is 0 Å². The first-order valence-corrected chi connectivity index (χ1v) is 6.87. The SMILES string of the molecule is CCOC(=O)C1CNCC12CCOc1ccccc12. The minimum absolute atomic E-state index is 0.0933. The number of ether oxygens (including phenoxy) is 2. The molecule has 4 nitrogen and oxygen atoms in total. The van der Waals surface area contributed by atoms with Crippen LogP contribution in [0.4, 0.5) is 0 Å². The Balaban J connectivity index is 2.01. The molecule has 0 saturated carbocycles. The topological polar surface area (TPSA) is 47.6 Å². The molecule has 4 heteroatoms. The molecule has 1 spiro atoms. The number of rotatable bonds is 2. The minimum atomic E-state index is -0.166. The summed E-state index contributed by atoms with van der Waals surface area (Å²) in [6, 6.07) is 8.04. The maximum atomic E-state index is 12.2. The van der Waals surface area contributed by atoms with Gasteiger partial charge < -0.3 is 14.8 Å². The minimum Gasteiger partial charge on any atom is -0.493 e. The number of hydrogen-bond acceptors (Lipinski definition) is 4. The van der Waals surface area contributed by atoms with E-state index < -0.39 is 0 Å². The third-order valence-electron chi connectivity index (χ3n) is 4.26. The van der Waals surface area contributed by atoms with Gasteiger partial charge in [0.15, 0.2) is 0 Å². The zero-order valence-electron chi connectivity index (χ0n) is 11.1. The highest BCUT2D eigenvalue weighted by Crippen LogP contribution is 2.46. The van der Waals surface area contributed by atoms with Crippen molar-refractivity contribution in [1.82, 2.24) is 5.32 Å². The number of hydrogen-bond donors (Lipinski definition) is 1. The molecule has 3 rings (SSSR count). The molecule has 0 aliphatic carbocycles. The molecule has 2 aliphatic rings. The molecule has 1 fully saturated rings. The first-order chi connectivity index (χ1) is 9.28. The van der Waals surface area contributed by atoms with E-state index in [-0.39, 0.29) is 17.3 Å². The number of carbonyl (C=O) groups excluding carboxylic acids is 1. The van der Waals surface area contributed by atoms with Gasteiger partial charge in [-0.1, -0.05) is 18.2 Å². The predicted octanol–water partition coefficient (Wildman–Crippen LogP) is 1.49. The maximum Gasteiger partial charge on any atom is 0.311 e. The Morgan fingerprint density at radius 3 is 3.21 bits per heavy atom. The Kier molecular flexibility index (Phi) is 3.19. The number of nitrogens with one attached hydrogen (secondary N) is 1. The molecule has 1 saturated heterocycles. The van der Waals surface area contributed by atoms with Crippen molar-refractivity contribution in [3.05, 3.63) is 29.8 Å². The van der Waals surface area contributed by atoms with Crippen molar-refractivity contribution in [3.8, 4) is 5.75 Å². The van der Waals surface area contributed by atoms with Gasteiger partial charge in [0, 0.05) is 24.1 Å². The van der Waals surface area contributed by atoms with Crippen LogP contribution < -0.4 is 10.1 Å². The highest BCUT2D eigenvalue weighted by molar-refractivity contribution is 5.76. The van der Waals surface area contributed by atoms with E-state index in [0.29, 0.717) is 19.8 Å². The second-order valence-corrected chi connectivity index (χ2v) is 5.19. The summed E-state index contributed by atoms with van der Waals surface area (Å²) >= 11 is 0. The summed E-state index contributed by atoms with van der Waals surface area (Å²) in [7, 11) is 0. The van der Waals surface area contributed by atoms with Gasteiger partial charge in [0.25, 0.3) is 0 Å². The van der Waals surface area contributed by atoms with Gasteiger partial charge in [-0.25, -0.2) is 0 Å². The van der Waals surface area contributed by atoms with Crippen molar-refractivity contribution >= 4 is 5.97 Å². The second kappa shape index (κ2) is 4.85. The molecule has 2 atom stereocenters. The first kappa shape index (κ1) is 12.5. The van der Waals surface area contributed by atoms with Crippen LogP contribution in [-0.4, -0.2) is 32.3 Å². The lowest BCUT2D eigenvalue weighted by Crippen LogP contribution is -2.43. The van der Waals surface area contributed by atoms with Crippen molar-refractivity contribution < 1.29 is 14.3 Å². The Labute approximate surface area is 113 Å². The summed E-state index contributed by atoms with van der Waals surface area (Å²) in [4.78, 5) is 12.2. The van der Waals surface area contributed by atoms with Crippen LogP contribution in [0.5, 0.6) is 5.75 Å². The lowest BCUT2D eigenvalue weighted by molar-refractivity contribution is -0.149. The monoisotopic (exact) mass is 261 g/mol. The third-order valence-corrected chi connectivity index (χ3v) is 4.26. The number of esters is 1. The lowest BCUT2D eigenvalue weighted by atomic mass is 9.69. The average molecular weight is 261 g/mol. The van der Waals surface area contributed by atoms with Crippen molar-refractivity contribution in [2.24, 2.45) is 5.92 Å². The molecule has 1 aromatic carbocycles. The smallest absolute Gasteiger partial charge is 0.311 e. The number of carbonyl (C=O) groups is 1. The molecule has 1 aromatic rings. The van der Waals surface area contributed by atoms with Gasteiger partial charge in [0.05, 0.1) is 19.1 Å². The summed E-state index contributed by atoms with van der Waals surface area (Å²) in [5.74, 6) is 0.702. The molecule has 2 heterocycles. The second-order valence-electron chi connectivity index (χ2n) is 5.19. The molecule has 0 aromatic heterocycles. The van der Waals surface area contributed by atoms with E-state index in [2.05, 4.69) is 11.4 Å². The Hall–Kier alpha value is -1.55. The summed E-state index contributed by atoms with van der Waals surface area (Å²) in [5.41, 5.74) is 0.977. The first-order valence-electron chi connectivity index (χ1n) is 6.87.